The van der Waals surface area contributed by atoms with E-state index in [4.69, 9.17) is 18.0 Å². The van der Waals surface area contributed by atoms with Crippen LogP contribution in [0.25, 0.3) is 0 Å². The minimum atomic E-state index is 0.0910. The minimum Gasteiger partial charge on any atom is -0.389 e. The van der Waals surface area contributed by atoms with Crippen LogP contribution in [0.15, 0.2) is 24.3 Å². The lowest BCUT2D eigenvalue weighted by Crippen LogP contribution is -2.51. The Kier molecular flexibility index (Phi) is 5.31. The van der Waals surface area contributed by atoms with E-state index in [1.807, 2.05) is 17.0 Å². The molecule has 114 valence electrons. The lowest BCUT2D eigenvalue weighted by Gasteiger charge is -2.37. The summed E-state index contributed by atoms with van der Waals surface area (Å²) in [6.07, 6.45) is 1.15. The van der Waals surface area contributed by atoms with E-state index < -0.39 is 0 Å². The lowest BCUT2D eigenvalue weighted by molar-refractivity contribution is 0.0579. The fourth-order valence-corrected chi connectivity index (χ4v) is 2.72. The SMILES string of the molecule is CCC(C)N1CCN(C(=O)c2ccc(C(N)=S)cc2)CC1. The van der Waals surface area contributed by atoms with E-state index in [1.54, 1.807) is 12.1 Å². The Morgan fingerprint density at radius 2 is 1.71 bits per heavy atom. The van der Waals surface area contributed by atoms with Gasteiger partial charge >= 0.3 is 0 Å². The number of benzene rings is 1. The third-order valence-electron chi connectivity index (χ3n) is 4.23. The molecule has 4 nitrogen and oxygen atoms in total. The number of rotatable bonds is 4. The molecule has 0 aliphatic carbocycles. The number of nitrogens with two attached hydrogens (primary N) is 1. The zero-order chi connectivity index (χ0) is 15.4. The first kappa shape index (κ1) is 15.9. The Labute approximate surface area is 131 Å². The molecule has 2 rings (SSSR count). The monoisotopic (exact) mass is 305 g/mol. The van der Waals surface area contributed by atoms with Crippen molar-refractivity contribution < 1.29 is 4.79 Å². The second-order valence-corrected chi connectivity index (χ2v) is 5.97. The first-order valence-electron chi connectivity index (χ1n) is 7.46. The molecule has 1 amide bonds. The lowest BCUT2D eigenvalue weighted by atomic mass is 10.1. The summed E-state index contributed by atoms with van der Waals surface area (Å²) in [5, 5.41) is 0. The number of thiocarbonyl (C=S) groups is 1. The molecule has 1 fully saturated rings. The van der Waals surface area contributed by atoms with Crippen LogP contribution >= 0.6 is 12.2 Å². The van der Waals surface area contributed by atoms with Crippen molar-refractivity contribution in [2.75, 3.05) is 26.2 Å². The van der Waals surface area contributed by atoms with Gasteiger partial charge in [0.25, 0.3) is 5.91 Å². The van der Waals surface area contributed by atoms with Gasteiger partial charge in [0.1, 0.15) is 4.99 Å². The Hall–Kier alpha value is -1.46. The van der Waals surface area contributed by atoms with Crippen LogP contribution < -0.4 is 5.73 Å². The fourth-order valence-electron chi connectivity index (χ4n) is 2.58. The third kappa shape index (κ3) is 3.80. The molecule has 1 aliphatic heterocycles. The number of piperazine rings is 1. The van der Waals surface area contributed by atoms with Gasteiger partial charge in [0.2, 0.25) is 0 Å². The van der Waals surface area contributed by atoms with Crippen molar-refractivity contribution in [2.24, 2.45) is 5.73 Å². The van der Waals surface area contributed by atoms with E-state index in [9.17, 15) is 4.79 Å². The summed E-state index contributed by atoms with van der Waals surface area (Å²) in [6, 6.07) is 7.82. The quantitative estimate of drug-likeness (QED) is 0.863. The van der Waals surface area contributed by atoms with Gasteiger partial charge < -0.3 is 10.6 Å². The summed E-state index contributed by atoms with van der Waals surface area (Å²) >= 11 is 4.92. The van der Waals surface area contributed by atoms with Crippen molar-refractivity contribution >= 4 is 23.1 Å². The second kappa shape index (κ2) is 7.00. The van der Waals surface area contributed by atoms with Crippen molar-refractivity contribution in [1.29, 1.82) is 0 Å². The van der Waals surface area contributed by atoms with Crippen molar-refractivity contribution in [2.45, 2.75) is 26.3 Å². The van der Waals surface area contributed by atoms with Gasteiger partial charge in [0.15, 0.2) is 0 Å². The normalized spacial score (nSPS) is 17.5. The topological polar surface area (TPSA) is 49.6 Å². The summed E-state index contributed by atoms with van der Waals surface area (Å²) in [5.41, 5.74) is 7.07. The van der Waals surface area contributed by atoms with E-state index >= 15 is 0 Å². The van der Waals surface area contributed by atoms with Crippen LogP contribution in [0.3, 0.4) is 0 Å². The van der Waals surface area contributed by atoms with Crippen LogP contribution in [-0.2, 0) is 0 Å². The highest BCUT2D eigenvalue weighted by molar-refractivity contribution is 7.80. The van der Waals surface area contributed by atoms with Gasteiger partial charge in [-0.3, -0.25) is 9.69 Å². The maximum absolute atomic E-state index is 12.5. The third-order valence-corrected chi connectivity index (χ3v) is 4.47. The van der Waals surface area contributed by atoms with E-state index in [-0.39, 0.29) is 5.91 Å². The van der Waals surface area contributed by atoms with Gasteiger partial charge in [0.05, 0.1) is 0 Å². The van der Waals surface area contributed by atoms with Gasteiger partial charge in [-0.05, 0) is 25.5 Å². The molecule has 0 radical (unpaired) electrons. The highest BCUT2D eigenvalue weighted by Crippen LogP contribution is 2.13. The standard InChI is InChI=1S/C16H23N3OS/c1-3-12(2)18-8-10-19(11-9-18)16(20)14-6-4-13(5-7-14)15(17)21/h4-7,12H,3,8-11H2,1-2H3,(H2,17,21). The van der Waals surface area contributed by atoms with Crippen LogP contribution in [0, 0.1) is 0 Å². The minimum absolute atomic E-state index is 0.0910. The van der Waals surface area contributed by atoms with Crippen LogP contribution in [0.4, 0.5) is 0 Å². The van der Waals surface area contributed by atoms with Crippen molar-refractivity contribution in [3.05, 3.63) is 35.4 Å². The van der Waals surface area contributed by atoms with E-state index in [0.29, 0.717) is 16.6 Å². The molecule has 1 atom stereocenters. The zero-order valence-corrected chi connectivity index (χ0v) is 13.5. The van der Waals surface area contributed by atoms with E-state index in [0.717, 1.165) is 38.2 Å². The molecule has 21 heavy (non-hydrogen) atoms. The molecule has 1 aromatic carbocycles. The van der Waals surface area contributed by atoms with Crippen LogP contribution in [0.2, 0.25) is 0 Å². The molecule has 2 N–H and O–H groups in total. The molecule has 1 aliphatic rings. The summed E-state index contributed by atoms with van der Waals surface area (Å²) in [7, 11) is 0. The number of amides is 1. The molecular formula is C16H23N3OS. The van der Waals surface area contributed by atoms with E-state index in [2.05, 4.69) is 18.7 Å². The van der Waals surface area contributed by atoms with Gasteiger partial charge in [-0.2, -0.15) is 0 Å². The van der Waals surface area contributed by atoms with Crippen molar-refractivity contribution in [1.82, 2.24) is 9.80 Å². The first-order valence-corrected chi connectivity index (χ1v) is 7.87. The summed E-state index contributed by atoms with van der Waals surface area (Å²) in [6.45, 7) is 7.93. The Morgan fingerprint density at radius 3 is 2.19 bits per heavy atom. The predicted molar refractivity (Wildman–Crippen MR) is 89.6 cm³/mol. The largest absolute Gasteiger partial charge is 0.389 e. The van der Waals surface area contributed by atoms with Gasteiger partial charge in [-0.15, -0.1) is 0 Å². The Morgan fingerprint density at radius 1 is 1.19 bits per heavy atom. The summed E-state index contributed by atoms with van der Waals surface area (Å²) in [4.78, 5) is 17.2. The first-order chi connectivity index (χ1) is 10.0. The van der Waals surface area contributed by atoms with Crippen LogP contribution in [0.5, 0.6) is 0 Å². The van der Waals surface area contributed by atoms with Gasteiger partial charge in [-0.25, -0.2) is 0 Å². The molecular weight excluding hydrogens is 282 g/mol. The predicted octanol–water partition coefficient (Wildman–Crippen LogP) is 1.88. The van der Waals surface area contributed by atoms with Crippen LogP contribution in [-0.4, -0.2) is 52.9 Å². The fraction of sp³-hybridized carbons (Fsp3) is 0.500. The maximum Gasteiger partial charge on any atom is 0.253 e. The molecule has 0 spiro atoms. The molecule has 1 heterocycles. The number of nitrogens with zero attached hydrogens (tertiary/aromatic N) is 2. The molecule has 0 bridgehead atoms. The molecule has 0 aromatic heterocycles. The van der Waals surface area contributed by atoms with Crippen molar-refractivity contribution in [3.8, 4) is 0 Å². The average molecular weight is 305 g/mol. The average Bonchev–Trinajstić information content (AvgIpc) is 2.53. The zero-order valence-electron chi connectivity index (χ0n) is 12.7. The number of hydrogen-bond acceptors (Lipinski definition) is 3. The van der Waals surface area contributed by atoms with Crippen molar-refractivity contribution in [3.63, 3.8) is 0 Å². The Bertz CT molecular complexity index is 507. The molecule has 5 heteroatoms. The molecule has 0 saturated carbocycles. The van der Waals surface area contributed by atoms with Gasteiger partial charge in [-0.1, -0.05) is 31.3 Å². The summed E-state index contributed by atoms with van der Waals surface area (Å²) in [5.74, 6) is 0.0910. The van der Waals surface area contributed by atoms with E-state index in [1.165, 1.54) is 0 Å². The Balaban J connectivity index is 1.97. The maximum atomic E-state index is 12.5. The smallest absolute Gasteiger partial charge is 0.253 e. The summed E-state index contributed by atoms with van der Waals surface area (Å²) < 4.78 is 0. The highest BCUT2D eigenvalue weighted by Gasteiger charge is 2.23. The number of carbonyl (C=O) groups excluding carboxylic acids is 1. The second-order valence-electron chi connectivity index (χ2n) is 5.53. The molecule has 1 unspecified atom stereocenters. The van der Waals surface area contributed by atoms with Gasteiger partial charge in [0, 0.05) is 43.3 Å². The molecule has 1 aromatic rings. The number of hydrogen-bond donors (Lipinski definition) is 1. The molecule has 1 saturated heterocycles. The van der Waals surface area contributed by atoms with Crippen LogP contribution in [0.1, 0.15) is 36.2 Å². The number of carbonyl (C=O) groups is 1. The highest BCUT2D eigenvalue weighted by atomic mass is 32.1.